The molecule has 4 rings (SSSR count). The van der Waals surface area contributed by atoms with Gasteiger partial charge in [-0.3, -0.25) is 0 Å². The maximum atomic E-state index is 10.4. The first kappa shape index (κ1) is 6.42. The highest BCUT2D eigenvalue weighted by molar-refractivity contribution is 5.34. The summed E-state index contributed by atoms with van der Waals surface area (Å²) in [6.07, 6.45) is 6.49. The highest BCUT2D eigenvalue weighted by Crippen LogP contribution is 2.87. The molecule has 4 saturated carbocycles. The molecule has 5 unspecified atom stereocenters. The minimum atomic E-state index is -0.187. The summed E-state index contributed by atoms with van der Waals surface area (Å²) >= 11 is 0. The van der Waals surface area contributed by atoms with E-state index in [9.17, 15) is 5.11 Å². The molecule has 66 valence electrons. The molecule has 0 amide bonds. The van der Waals surface area contributed by atoms with Crippen molar-refractivity contribution in [2.24, 2.45) is 22.7 Å². The third kappa shape index (κ3) is 0.334. The largest absolute Gasteiger partial charge is 0.389 e. The molecule has 1 nitrogen and oxygen atoms in total. The highest BCUT2D eigenvalue weighted by atomic mass is 16.3. The Hall–Kier alpha value is -0.0400. The van der Waals surface area contributed by atoms with Crippen LogP contribution in [0.4, 0.5) is 0 Å². The van der Waals surface area contributed by atoms with Crippen LogP contribution in [0, 0.1) is 22.7 Å². The second-order valence-electron chi connectivity index (χ2n) is 6.15. The highest BCUT2D eigenvalue weighted by Gasteiger charge is 2.84. The summed E-state index contributed by atoms with van der Waals surface area (Å²) in [6, 6.07) is 0. The summed E-state index contributed by atoms with van der Waals surface area (Å²) in [6.45, 7) is 2.42. The predicted molar refractivity (Wildman–Crippen MR) is 45.6 cm³/mol. The molecular weight excluding hydrogens is 148 g/mol. The summed E-state index contributed by atoms with van der Waals surface area (Å²) in [5, 5.41) is 10.4. The molecule has 2 bridgehead atoms. The number of hydrogen-bond donors (Lipinski definition) is 1. The van der Waals surface area contributed by atoms with Gasteiger partial charge in [0, 0.05) is 5.41 Å². The van der Waals surface area contributed by atoms with E-state index in [0.717, 1.165) is 24.7 Å². The van der Waals surface area contributed by atoms with Crippen molar-refractivity contribution in [2.75, 3.05) is 0 Å². The normalized spacial score (nSPS) is 76.5. The fourth-order valence-corrected chi connectivity index (χ4v) is 5.83. The van der Waals surface area contributed by atoms with E-state index in [1.54, 1.807) is 0 Å². The van der Waals surface area contributed by atoms with E-state index in [1.165, 1.54) is 19.3 Å². The minimum absolute atomic E-state index is 0.187. The van der Waals surface area contributed by atoms with Crippen LogP contribution in [0.25, 0.3) is 0 Å². The minimum Gasteiger partial charge on any atom is -0.389 e. The third-order valence-electron chi connectivity index (χ3n) is 5.86. The van der Waals surface area contributed by atoms with Crippen LogP contribution in [0.2, 0.25) is 0 Å². The molecule has 12 heavy (non-hydrogen) atoms. The zero-order valence-corrected chi connectivity index (χ0v) is 7.64. The van der Waals surface area contributed by atoms with Crippen molar-refractivity contribution in [1.29, 1.82) is 0 Å². The van der Waals surface area contributed by atoms with Crippen LogP contribution in [-0.4, -0.2) is 10.7 Å². The quantitative estimate of drug-likeness (QED) is 0.580. The Bertz CT molecular complexity index is 263. The van der Waals surface area contributed by atoms with Crippen LogP contribution in [0.3, 0.4) is 0 Å². The van der Waals surface area contributed by atoms with E-state index < -0.39 is 0 Å². The van der Waals surface area contributed by atoms with E-state index in [-0.39, 0.29) is 5.60 Å². The van der Waals surface area contributed by atoms with Gasteiger partial charge in [-0.2, -0.15) is 0 Å². The Labute approximate surface area is 73.2 Å². The van der Waals surface area contributed by atoms with Crippen LogP contribution < -0.4 is 0 Å². The van der Waals surface area contributed by atoms with Gasteiger partial charge in [0.1, 0.15) is 0 Å². The van der Waals surface area contributed by atoms with Crippen molar-refractivity contribution < 1.29 is 5.11 Å². The SMILES string of the molecule is CC12CC3CC4(O)CC(C1)C24C3. The molecule has 0 heterocycles. The Morgan fingerprint density at radius 3 is 2.42 bits per heavy atom. The fraction of sp³-hybridized carbons (Fsp3) is 1.00. The van der Waals surface area contributed by atoms with E-state index in [0.29, 0.717) is 10.8 Å². The lowest BCUT2D eigenvalue weighted by Crippen LogP contribution is -2.74. The number of hydrogen-bond acceptors (Lipinski definition) is 1. The van der Waals surface area contributed by atoms with E-state index >= 15 is 0 Å². The maximum absolute atomic E-state index is 10.4. The van der Waals surface area contributed by atoms with Crippen molar-refractivity contribution in [3.05, 3.63) is 0 Å². The summed E-state index contributed by atoms with van der Waals surface area (Å²) < 4.78 is 0. The number of aliphatic hydroxyl groups is 1. The number of fused-ring (bicyclic) bond motifs is 1. The third-order valence-corrected chi connectivity index (χ3v) is 5.86. The summed E-state index contributed by atoms with van der Waals surface area (Å²) in [7, 11) is 0. The van der Waals surface area contributed by atoms with Gasteiger partial charge in [0.05, 0.1) is 5.60 Å². The lowest BCUT2D eigenvalue weighted by atomic mass is 9.31. The zero-order valence-electron chi connectivity index (χ0n) is 7.64. The van der Waals surface area contributed by atoms with E-state index in [4.69, 9.17) is 0 Å². The van der Waals surface area contributed by atoms with E-state index in [2.05, 4.69) is 6.92 Å². The van der Waals surface area contributed by atoms with Gasteiger partial charge >= 0.3 is 0 Å². The van der Waals surface area contributed by atoms with Crippen LogP contribution in [0.1, 0.15) is 39.0 Å². The molecule has 0 aromatic rings. The molecule has 1 N–H and O–H groups in total. The molecule has 0 saturated heterocycles. The van der Waals surface area contributed by atoms with Crippen molar-refractivity contribution in [1.82, 2.24) is 0 Å². The Morgan fingerprint density at radius 2 is 1.92 bits per heavy atom. The second kappa shape index (κ2) is 1.30. The predicted octanol–water partition coefficient (Wildman–Crippen LogP) is 1.95. The Kier molecular flexibility index (Phi) is 0.693. The lowest BCUT2D eigenvalue weighted by Gasteiger charge is -2.75. The second-order valence-corrected chi connectivity index (χ2v) is 6.15. The molecule has 1 spiro atoms. The molecule has 0 aromatic carbocycles. The van der Waals surface area contributed by atoms with Crippen molar-refractivity contribution >= 4 is 0 Å². The molecule has 0 aliphatic heterocycles. The van der Waals surface area contributed by atoms with Gasteiger partial charge in [-0.15, -0.1) is 0 Å². The van der Waals surface area contributed by atoms with Crippen molar-refractivity contribution in [3.63, 3.8) is 0 Å². The van der Waals surface area contributed by atoms with Gasteiger partial charge in [-0.1, -0.05) is 6.92 Å². The first-order chi connectivity index (χ1) is 5.60. The van der Waals surface area contributed by atoms with Gasteiger partial charge in [0.25, 0.3) is 0 Å². The van der Waals surface area contributed by atoms with Crippen LogP contribution in [0.15, 0.2) is 0 Å². The molecule has 0 aromatic heterocycles. The topological polar surface area (TPSA) is 20.2 Å². The zero-order chi connectivity index (χ0) is 8.19. The average molecular weight is 164 g/mol. The van der Waals surface area contributed by atoms with Gasteiger partial charge in [-0.05, 0) is 49.4 Å². The standard InChI is InChI=1S/C11H16O/c1-9-2-7-3-10(12)6-8(5-9)11(9,10)4-7/h7-8,12H,2-6H2,1H3. The summed E-state index contributed by atoms with van der Waals surface area (Å²) in [5.41, 5.74) is 0.811. The van der Waals surface area contributed by atoms with Crippen molar-refractivity contribution in [3.8, 4) is 0 Å². The molecule has 4 aliphatic carbocycles. The Morgan fingerprint density at radius 1 is 1.08 bits per heavy atom. The Balaban J connectivity index is 1.94. The smallest absolute Gasteiger partial charge is 0.0717 e. The summed E-state index contributed by atoms with van der Waals surface area (Å²) in [5.74, 6) is 1.80. The molecule has 0 radical (unpaired) electrons. The van der Waals surface area contributed by atoms with Crippen molar-refractivity contribution in [2.45, 2.75) is 44.6 Å². The maximum Gasteiger partial charge on any atom is 0.0717 e. The summed E-state index contributed by atoms with van der Waals surface area (Å²) in [4.78, 5) is 0. The average Bonchev–Trinajstić information content (AvgIpc) is 2.32. The molecular formula is C11H16O. The first-order valence-corrected chi connectivity index (χ1v) is 5.32. The van der Waals surface area contributed by atoms with Gasteiger partial charge in [0.15, 0.2) is 0 Å². The fourth-order valence-electron chi connectivity index (χ4n) is 5.83. The molecule has 4 aliphatic rings. The van der Waals surface area contributed by atoms with E-state index in [1.807, 2.05) is 0 Å². The van der Waals surface area contributed by atoms with Crippen LogP contribution in [-0.2, 0) is 0 Å². The molecule has 5 atom stereocenters. The molecule has 1 heteroatoms. The van der Waals surface area contributed by atoms with Crippen LogP contribution in [0.5, 0.6) is 0 Å². The van der Waals surface area contributed by atoms with Gasteiger partial charge in [0.2, 0.25) is 0 Å². The van der Waals surface area contributed by atoms with Crippen LogP contribution >= 0.6 is 0 Å². The monoisotopic (exact) mass is 164 g/mol. The van der Waals surface area contributed by atoms with Gasteiger partial charge < -0.3 is 5.11 Å². The number of rotatable bonds is 0. The van der Waals surface area contributed by atoms with Gasteiger partial charge in [-0.25, -0.2) is 0 Å². The first-order valence-electron chi connectivity index (χ1n) is 5.32. The lowest BCUT2D eigenvalue weighted by molar-refractivity contribution is -0.323. The molecule has 4 fully saturated rings.